The standard InChI is InChI=1S/C8H10/c1-4-6-7-8(3)5-2/h4-6H,1-2H2,3H3. The van der Waals surface area contributed by atoms with E-state index in [2.05, 4.69) is 18.9 Å². The Hall–Kier alpha value is -1.00. The summed E-state index contributed by atoms with van der Waals surface area (Å²) in [4.78, 5) is 0. The Morgan fingerprint density at radius 3 is 2.50 bits per heavy atom. The lowest BCUT2D eigenvalue weighted by atomic mass is 10.3. The maximum Gasteiger partial charge on any atom is -0.00973 e. The lowest BCUT2D eigenvalue weighted by Crippen LogP contribution is -1.55. The maximum absolute atomic E-state index is 3.56. The van der Waals surface area contributed by atoms with E-state index in [1.54, 1.807) is 18.2 Å². The molecule has 0 bridgehead atoms. The Morgan fingerprint density at radius 2 is 2.12 bits per heavy atom. The first-order chi connectivity index (χ1) is 3.81. The van der Waals surface area contributed by atoms with Crippen molar-refractivity contribution in [1.82, 2.24) is 0 Å². The molecule has 0 aromatic carbocycles. The van der Waals surface area contributed by atoms with Crippen LogP contribution in [0.4, 0.5) is 0 Å². The van der Waals surface area contributed by atoms with E-state index < -0.39 is 0 Å². The van der Waals surface area contributed by atoms with Crippen LogP contribution < -0.4 is 0 Å². The number of allylic oxidation sites excluding steroid dienone is 3. The number of hydrogen-bond acceptors (Lipinski definition) is 0. The topological polar surface area (TPSA) is 0 Å². The molecule has 0 aliphatic heterocycles. The summed E-state index contributed by atoms with van der Waals surface area (Å²) in [6.07, 6.45) is 5.20. The Morgan fingerprint density at radius 1 is 1.50 bits per heavy atom. The third-order valence-corrected chi connectivity index (χ3v) is 0.735. The molecule has 0 rings (SSSR count). The monoisotopic (exact) mass is 106 g/mol. The summed E-state index contributed by atoms with van der Waals surface area (Å²) in [6.45, 7) is 9.00. The van der Waals surface area contributed by atoms with E-state index in [4.69, 9.17) is 0 Å². The highest BCUT2D eigenvalue weighted by molar-refractivity contribution is 5.14. The second-order valence-electron chi connectivity index (χ2n) is 1.43. The molecule has 0 saturated heterocycles. The van der Waals surface area contributed by atoms with Gasteiger partial charge in [0, 0.05) is 0 Å². The fourth-order valence-corrected chi connectivity index (χ4v) is 0.249. The third-order valence-electron chi connectivity index (χ3n) is 0.735. The number of rotatable bonds is 2. The predicted octanol–water partition coefficient (Wildman–Crippen LogP) is 2.46. The van der Waals surface area contributed by atoms with Gasteiger partial charge in [0.15, 0.2) is 0 Å². The molecule has 0 aliphatic carbocycles. The molecule has 8 heavy (non-hydrogen) atoms. The van der Waals surface area contributed by atoms with Gasteiger partial charge in [-0.3, -0.25) is 0 Å². The van der Waals surface area contributed by atoms with Gasteiger partial charge < -0.3 is 0 Å². The van der Waals surface area contributed by atoms with Crippen molar-refractivity contribution in [3.63, 3.8) is 0 Å². The smallest absolute Gasteiger partial charge is 0.00973 e. The normalized spacial score (nSPS) is 6.62. The SMILES string of the molecule is C=CC=C=C(C)C=C. The van der Waals surface area contributed by atoms with Gasteiger partial charge in [0.05, 0.1) is 0 Å². The molecule has 0 N–H and O–H groups in total. The molecular formula is C8H10. The maximum atomic E-state index is 3.56. The summed E-state index contributed by atoms with van der Waals surface area (Å²) in [5, 5.41) is 0. The van der Waals surface area contributed by atoms with Crippen molar-refractivity contribution in [1.29, 1.82) is 0 Å². The summed E-state index contributed by atoms with van der Waals surface area (Å²) in [5.74, 6) is 0. The van der Waals surface area contributed by atoms with E-state index >= 15 is 0 Å². The zero-order valence-electron chi connectivity index (χ0n) is 5.15. The van der Waals surface area contributed by atoms with Crippen molar-refractivity contribution < 1.29 is 0 Å². The van der Waals surface area contributed by atoms with Gasteiger partial charge in [0.1, 0.15) is 0 Å². The van der Waals surface area contributed by atoms with Crippen molar-refractivity contribution in [2.45, 2.75) is 6.92 Å². The van der Waals surface area contributed by atoms with Crippen LogP contribution in [0.1, 0.15) is 6.92 Å². The highest BCUT2D eigenvalue weighted by Gasteiger charge is 1.67. The molecule has 0 aliphatic rings. The molecule has 0 saturated carbocycles. The van der Waals surface area contributed by atoms with Gasteiger partial charge in [-0.05, 0) is 18.6 Å². The molecular weight excluding hydrogens is 96.1 g/mol. The van der Waals surface area contributed by atoms with E-state index in [9.17, 15) is 0 Å². The Kier molecular flexibility index (Phi) is 3.65. The first kappa shape index (κ1) is 7.00. The minimum atomic E-state index is 1.03. The lowest BCUT2D eigenvalue weighted by molar-refractivity contribution is 1.56. The summed E-state index contributed by atoms with van der Waals surface area (Å²) < 4.78 is 0. The quantitative estimate of drug-likeness (QED) is 0.374. The zero-order valence-corrected chi connectivity index (χ0v) is 5.15. The molecule has 0 spiro atoms. The zero-order chi connectivity index (χ0) is 6.41. The third kappa shape index (κ3) is 3.20. The summed E-state index contributed by atoms with van der Waals surface area (Å²) >= 11 is 0. The van der Waals surface area contributed by atoms with Gasteiger partial charge in [-0.1, -0.05) is 25.3 Å². The largest absolute Gasteiger partial charge is 0.118 e. The molecule has 0 nitrogen and oxygen atoms in total. The van der Waals surface area contributed by atoms with Gasteiger partial charge in [-0.15, -0.1) is 5.73 Å². The van der Waals surface area contributed by atoms with E-state index in [0.29, 0.717) is 0 Å². The minimum Gasteiger partial charge on any atom is -0.118 e. The molecule has 0 aromatic rings. The Balaban J connectivity index is 4.11. The van der Waals surface area contributed by atoms with Crippen LogP contribution in [0.15, 0.2) is 42.7 Å². The fraction of sp³-hybridized carbons (Fsp3) is 0.125. The highest BCUT2D eigenvalue weighted by Crippen LogP contribution is 1.86. The van der Waals surface area contributed by atoms with Crippen LogP contribution in [0.3, 0.4) is 0 Å². The van der Waals surface area contributed by atoms with Gasteiger partial charge >= 0.3 is 0 Å². The Bertz CT molecular complexity index is 143. The first-order valence-electron chi connectivity index (χ1n) is 2.48. The van der Waals surface area contributed by atoms with Crippen LogP contribution in [0.2, 0.25) is 0 Å². The average Bonchev–Trinajstić information content (AvgIpc) is 1.83. The molecule has 0 radical (unpaired) electrons. The van der Waals surface area contributed by atoms with Crippen molar-refractivity contribution in [3.05, 3.63) is 42.7 Å². The van der Waals surface area contributed by atoms with Crippen molar-refractivity contribution in [2.24, 2.45) is 0 Å². The first-order valence-corrected chi connectivity index (χ1v) is 2.48. The average molecular weight is 106 g/mol. The molecule has 0 heteroatoms. The molecule has 0 atom stereocenters. The van der Waals surface area contributed by atoms with Crippen LogP contribution >= 0.6 is 0 Å². The van der Waals surface area contributed by atoms with Crippen molar-refractivity contribution in [2.75, 3.05) is 0 Å². The fourth-order valence-electron chi connectivity index (χ4n) is 0.249. The van der Waals surface area contributed by atoms with E-state index in [1.807, 2.05) is 6.92 Å². The summed E-state index contributed by atoms with van der Waals surface area (Å²) in [5.41, 5.74) is 3.97. The molecule has 0 fully saturated rings. The van der Waals surface area contributed by atoms with Gasteiger partial charge in [-0.2, -0.15) is 0 Å². The summed E-state index contributed by atoms with van der Waals surface area (Å²) in [6, 6.07) is 0. The van der Waals surface area contributed by atoms with Crippen LogP contribution in [0, 0.1) is 0 Å². The minimum absolute atomic E-state index is 1.03. The number of hydrogen-bond donors (Lipinski definition) is 0. The predicted molar refractivity (Wildman–Crippen MR) is 37.7 cm³/mol. The van der Waals surface area contributed by atoms with Crippen LogP contribution in [0.25, 0.3) is 0 Å². The van der Waals surface area contributed by atoms with Crippen LogP contribution in [0.5, 0.6) is 0 Å². The van der Waals surface area contributed by atoms with Crippen LogP contribution in [-0.2, 0) is 0 Å². The molecule has 0 amide bonds. The molecule has 0 heterocycles. The molecule has 0 unspecified atom stereocenters. The second kappa shape index (κ2) is 4.17. The molecule has 42 valence electrons. The molecule has 0 aromatic heterocycles. The Labute approximate surface area is 50.5 Å². The van der Waals surface area contributed by atoms with Crippen molar-refractivity contribution >= 4 is 0 Å². The van der Waals surface area contributed by atoms with Crippen LogP contribution in [-0.4, -0.2) is 0 Å². The van der Waals surface area contributed by atoms with E-state index in [-0.39, 0.29) is 0 Å². The van der Waals surface area contributed by atoms with Gasteiger partial charge in [0.25, 0.3) is 0 Å². The van der Waals surface area contributed by atoms with Crippen molar-refractivity contribution in [3.8, 4) is 0 Å². The van der Waals surface area contributed by atoms with Gasteiger partial charge in [-0.25, -0.2) is 0 Å². The van der Waals surface area contributed by atoms with E-state index in [1.165, 1.54) is 0 Å². The summed E-state index contributed by atoms with van der Waals surface area (Å²) in [7, 11) is 0. The van der Waals surface area contributed by atoms with E-state index in [0.717, 1.165) is 5.57 Å². The lowest BCUT2D eigenvalue weighted by Gasteiger charge is -1.75. The second-order valence-corrected chi connectivity index (χ2v) is 1.43. The highest BCUT2D eigenvalue weighted by atomic mass is 13.7. The van der Waals surface area contributed by atoms with Gasteiger partial charge in [0.2, 0.25) is 0 Å².